The van der Waals surface area contributed by atoms with Gasteiger partial charge in [-0.3, -0.25) is 0 Å². The first kappa shape index (κ1) is 15.2. The molecule has 0 aromatic heterocycles. The van der Waals surface area contributed by atoms with E-state index in [2.05, 4.69) is 32.2 Å². The van der Waals surface area contributed by atoms with E-state index >= 15 is 0 Å². The van der Waals surface area contributed by atoms with Gasteiger partial charge in [-0.1, -0.05) is 32.9 Å². The van der Waals surface area contributed by atoms with E-state index in [1.807, 2.05) is 18.2 Å². The fraction of sp³-hybridized carbons (Fsp3) is 0.647. The standard InChI is InChI=1S/C17H28N2O/c1-13-9-16(2,3)11-17(10-13,12-18)19-14-7-5-6-8-15(14)20-4/h5-8,13,19H,9-12,18H2,1-4H3. The number of rotatable bonds is 4. The number of benzene rings is 1. The third kappa shape index (κ3) is 3.26. The van der Waals surface area contributed by atoms with Crippen molar-refractivity contribution in [3.05, 3.63) is 24.3 Å². The molecular formula is C17H28N2O. The number of nitrogens with one attached hydrogen (secondary N) is 1. The van der Waals surface area contributed by atoms with Crippen molar-refractivity contribution in [2.45, 2.75) is 45.6 Å². The molecule has 3 nitrogen and oxygen atoms in total. The summed E-state index contributed by atoms with van der Waals surface area (Å²) < 4.78 is 5.45. The molecule has 2 atom stereocenters. The molecule has 20 heavy (non-hydrogen) atoms. The number of methoxy groups -OCH3 is 1. The van der Waals surface area contributed by atoms with Crippen LogP contribution in [0.2, 0.25) is 0 Å². The maximum absolute atomic E-state index is 6.16. The first-order valence-electron chi connectivity index (χ1n) is 7.51. The van der Waals surface area contributed by atoms with E-state index in [1.54, 1.807) is 7.11 Å². The highest BCUT2D eigenvalue weighted by Crippen LogP contribution is 2.45. The van der Waals surface area contributed by atoms with Crippen LogP contribution in [0.15, 0.2) is 24.3 Å². The normalized spacial score (nSPS) is 28.9. The van der Waals surface area contributed by atoms with Crippen LogP contribution in [-0.2, 0) is 0 Å². The number of hydrogen-bond donors (Lipinski definition) is 2. The molecule has 0 bridgehead atoms. The van der Waals surface area contributed by atoms with Gasteiger partial charge >= 0.3 is 0 Å². The molecule has 1 aliphatic carbocycles. The van der Waals surface area contributed by atoms with Gasteiger partial charge in [0.25, 0.3) is 0 Å². The van der Waals surface area contributed by atoms with Crippen molar-refractivity contribution >= 4 is 5.69 Å². The van der Waals surface area contributed by atoms with E-state index < -0.39 is 0 Å². The molecule has 0 spiro atoms. The third-order valence-electron chi connectivity index (χ3n) is 4.35. The smallest absolute Gasteiger partial charge is 0.141 e. The molecule has 1 aromatic rings. The molecule has 3 heteroatoms. The van der Waals surface area contributed by atoms with Gasteiger partial charge in [0.2, 0.25) is 0 Å². The fourth-order valence-corrected chi connectivity index (χ4v) is 4.08. The van der Waals surface area contributed by atoms with Crippen LogP contribution in [0.25, 0.3) is 0 Å². The Kier molecular flexibility index (Phi) is 4.28. The molecule has 0 heterocycles. The predicted octanol–water partition coefficient (Wildman–Crippen LogP) is 3.65. The van der Waals surface area contributed by atoms with Gasteiger partial charge in [-0.05, 0) is 42.7 Å². The van der Waals surface area contributed by atoms with Crippen LogP contribution in [0, 0.1) is 11.3 Å². The van der Waals surface area contributed by atoms with Crippen molar-refractivity contribution < 1.29 is 4.74 Å². The second-order valence-corrected chi connectivity index (χ2v) is 7.16. The molecule has 2 rings (SSSR count). The number of nitrogens with two attached hydrogens (primary N) is 1. The molecule has 1 fully saturated rings. The first-order chi connectivity index (χ1) is 9.40. The molecule has 0 radical (unpaired) electrons. The number of hydrogen-bond acceptors (Lipinski definition) is 3. The molecule has 0 aliphatic heterocycles. The van der Waals surface area contributed by atoms with E-state index in [4.69, 9.17) is 10.5 Å². The van der Waals surface area contributed by atoms with Crippen LogP contribution >= 0.6 is 0 Å². The Balaban J connectivity index is 2.27. The van der Waals surface area contributed by atoms with Crippen molar-refractivity contribution in [2.75, 3.05) is 19.0 Å². The highest BCUT2D eigenvalue weighted by Gasteiger charge is 2.42. The van der Waals surface area contributed by atoms with E-state index in [1.165, 1.54) is 6.42 Å². The lowest BCUT2D eigenvalue weighted by Crippen LogP contribution is -2.53. The quantitative estimate of drug-likeness (QED) is 0.882. The van der Waals surface area contributed by atoms with Crippen LogP contribution < -0.4 is 15.8 Å². The monoisotopic (exact) mass is 276 g/mol. The average molecular weight is 276 g/mol. The number of anilines is 1. The third-order valence-corrected chi connectivity index (χ3v) is 4.35. The lowest BCUT2D eigenvalue weighted by atomic mass is 9.64. The SMILES string of the molecule is COc1ccccc1NC1(CN)CC(C)CC(C)(C)C1. The molecule has 3 N–H and O–H groups in total. The molecule has 0 saturated heterocycles. The predicted molar refractivity (Wildman–Crippen MR) is 85.2 cm³/mol. The van der Waals surface area contributed by atoms with Crippen molar-refractivity contribution in [3.8, 4) is 5.75 Å². The fourth-order valence-electron chi connectivity index (χ4n) is 4.08. The van der Waals surface area contributed by atoms with Gasteiger partial charge < -0.3 is 15.8 Å². The lowest BCUT2D eigenvalue weighted by molar-refractivity contribution is 0.125. The van der Waals surface area contributed by atoms with Gasteiger partial charge in [0.1, 0.15) is 5.75 Å². The van der Waals surface area contributed by atoms with Crippen LogP contribution in [-0.4, -0.2) is 19.2 Å². The summed E-state index contributed by atoms with van der Waals surface area (Å²) in [5.41, 5.74) is 7.50. The Morgan fingerprint density at radius 3 is 2.60 bits per heavy atom. The van der Waals surface area contributed by atoms with Crippen molar-refractivity contribution in [2.24, 2.45) is 17.1 Å². The second kappa shape index (κ2) is 5.65. The van der Waals surface area contributed by atoms with E-state index in [-0.39, 0.29) is 5.54 Å². The van der Waals surface area contributed by atoms with E-state index in [0.29, 0.717) is 17.9 Å². The summed E-state index contributed by atoms with van der Waals surface area (Å²) in [6.45, 7) is 7.67. The van der Waals surface area contributed by atoms with Crippen LogP contribution in [0.4, 0.5) is 5.69 Å². The van der Waals surface area contributed by atoms with Crippen molar-refractivity contribution in [1.82, 2.24) is 0 Å². The van der Waals surface area contributed by atoms with Gasteiger partial charge in [-0.15, -0.1) is 0 Å². The van der Waals surface area contributed by atoms with Gasteiger partial charge in [0.15, 0.2) is 0 Å². The van der Waals surface area contributed by atoms with Crippen LogP contribution in [0.1, 0.15) is 40.0 Å². The zero-order valence-electron chi connectivity index (χ0n) is 13.2. The molecule has 0 amide bonds. The molecule has 1 aliphatic rings. The minimum absolute atomic E-state index is 0.0319. The molecular weight excluding hydrogens is 248 g/mol. The van der Waals surface area contributed by atoms with E-state index in [0.717, 1.165) is 24.3 Å². The zero-order valence-corrected chi connectivity index (χ0v) is 13.2. The largest absolute Gasteiger partial charge is 0.495 e. The summed E-state index contributed by atoms with van der Waals surface area (Å²) in [4.78, 5) is 0. The number of para-hydroxylation sites is 2. The van der Waals surface area contributed by atoms with Crippen molar-refractivity contribution in [3.63, 3.8) is 0 Å². The summed E-state index contributed by atoms with van der Waals surface area (Å²) in [6, 6.07) is 8.09. The minimum atomic E-state index is -0.0319. The Hall–Kier alpha value is -1.22. The molecule has 2 unspecified atom stereocenters. The Labute approximate surface area is 122 Å². The Bertz CT molecular complexity index is 458. The summed E-state index contributed by atoms with van der Waals surface area (Å²) >= 11 is 0. The maximum atomic E-state index is 6.16. The topological polar surface area (TPSA) is 47.3 Å². The Morgan fingerprint density at radius 1 is 1.30 bits per heavy atom. The van der Waals surface area contributed by atoms with Gasteiger partial charge in [-0.25, -0.2) is 0 Å². The van der Waals surface area contributed by atoms with E-state index in [9.17, 15) is 0 Å². The summed E-state index contributed by atoms with van der Waals surface area (Å²) in [5, 5.41) is 3.70. The first-order valence-corrected chi connectivity index (χ1v) is 7.51. The number of ether oxygens (including phenoxy) is 1. The molecule has 112 valence electrons. The zero-order chi connectivity index (χ0) is 14.8. The van der Waals surface area contributed by atoms with Gasteiger partial charge in [0, 0.05) is 6.54 Å². The highest BCUT2D eigenvalue weighted by molar-refractivity contribution is 5.58. The summed E-state index contributed by atoms with van der Waals surface area (Å²) in [5.74, 6) is 1.57. The minimum Gasteiger partial charge on any atom is -0.495 e. The van der Waals surface area contributed by atoms with Crippen LogP contribution in [0.5, 0.6) is 5.75 Å². The summed E-state index contributed by atoms with van der Waals surface area (Å²) in [7, 11) is 1.71. The van der Waals surface area contributed by atoms with Crippen LogP contribution in [0.3, 0.4) is 0 Å². The molecule has 1 aromatic carbocycles. The molecule has 1 saturated carbocycles. The highest BCUT2D eigenvalue weighted by atomic mass is 16.5. The average Bonchev–Trinajstić information content (AvgIpc) is 2.37. The summed E-state index contributed by atoms with van der Waals surface area (Å²) in [6.07, 6.45) is 3.48. The maximum Gasteiger partial charge on any atom is 0.141 e. The Morgan fingerprint density at radius 2 is 2.00 bits per heavy atom. The lowest BCUT2D eigenvalue weighted by Gasteiger charge is -2.48. The van der Waals surface area contributed by atoms with Crippen molar-refractivity contribution in [1.29, 1.82) is 0 Å². The second-order valence-electron chi connectivity index (χ2n) is 7.16. The van der Waals surface area contributed by atoms with Gasteiger partial charge in [0.05, 0.1) is 18.3 Å². The van der Waals surface area contributed by atoms with Gasteiger partial charge in [-0.2, -0.15) is 0 Å².